The summed E-state index contributed by atoms with van der Waals surface area (Å²) in [6.07, 6.45) is -1.46. The number of aryl methyl sites for hydroxylation is 2. The highest BCUT2D eigenvalue weighted by molar-refractivity contribution is 5.95. The number of pyridine rings is 1. The summed E-state index contributed by atoms with van der Waals surface area (Å²) < 4.78 is 68.6. The number of rotatable bonds is 10. The molecule has 0 bridgehead atoms. The number of hydrogen-bond donors (Lipinski definition) is 4. The third-order valence-electron chi connectivity index (χ3n) is 6.91. The molecule has 2 amide bonds. The first kappa shape index (κ1) is 34.1. The molecule has 1 fully saturated rings. The Labute approximate surface area is 249 Å². The Morgan fingerprint density at radius 2 is 1.77 bits per heavy atom. The second-order valence-corrected chi connectivity index (χ2v) is 10.8. The van der Waals surface area contributed by atoms with Crippen molar-refractivity contribution in [1.29, 1.82) is 0 Å². The first-order valence-electron chi connectivity index (χ1n) is 13.7. The number of carbonyl (C=O) groups excluding carboxylic acids is 1. The third-order valence-corrected chi connectivity index (χ3v) is 6.91. The largest absolute Gasteiger partial charge is 0.490 e. The molecule has 2 aromatic heterocycles. The lowest BCUT2D eigenvalue weighted by molar-refractivity contribution is -0.192. The fourth-order valence-electron chi connectivity index (χ4n) is 4.71. The first-order chi connectivity index (χ1) is 20.5. The van der Waals surface area contributed by atoms with E-state index in [0.29, 0.717) is 29.1 Å². The van der Waals surface area contributed by atoms with E-state index in [-0.39, 0.29) is 30.3 Å². The average Bonchev–Trinajstić information content (AvgIpc) is 3.68. The number of carbonyl (C=O) groups is 3. The summed E-state index contributed by atoms with van der Waals surface area (Å²) in [4.78, 5) is 37.8. The van der Waals surface area contributed by atoms with Crippen LogP contribution < -0.4 is 15.4 Å². The molecule has 1 atom stereocenters. The zero-order valence-electron chi connectivity index (χ0n) is 24.4. The molecule has 3 aromatic rings. The summed E-state index contributed by atoms with van der Waals surface area (Å²) in [7, 11) is 0. The van der Waals surface area contributed by atoms with Crippen LogP contribution in [0.15, 0.2) is 24.4 Å². The normalized spacial score (nSPS) is 14.3. The van der Waals surface area contributed by atoms with Crippen molar-refractivity contribution in [2.45, 2.75) is 77.6 Å². The monoisotopic (exact) mass is 628 g/mol. The number of imidazole rings is 1. The second kappa shape index (κ2) is 13.5. The van der Waals surface area contributed by atoms with Crippen molar-refractivity contribution in [3.63, 3.8) is 0 Å². The van der Waals surface area contributed by atoms with E-state index in [4.69, 9.17) is 14.6 Å². The van der Waals surface area contributed by atoms with E-state index in [1.54, 1.807) is 30.5 Å². The van der Waals surface area contributed by atoms with Crippen LogP contribution in [0.25, 0.3) is 5.65 Å². The van der Waals surface area contributed by atoms with Gasteiger partial charge in [-0.3, -0.25) is 9.20 Å². The summed E-state index contributed by atoms with van der Waals surface area (Å²) in [6.45, 7) is 6.93. The van der Waals surface area contributed by atoms with Crippen LogP contribution in [0, 0.1) is 25.5 Å². The minimum absolute atomic E-state index is 0.0870. The number of amides is 2. The average molecular weight is 629 g/mol. The Morgan fingerprint density at radius 3 is 2.32 bits per heavy atom. The van der Waals surface area contributed by atoms with Crippen molar-refractivity contribution in [3.8, 4) is 5.75 Å². The molecular formula is C29H33F5N4O6. The fourth-order valence-corrected chi connectivity index (χ4v) is 4.71. The number of nitrogens with zero attached hydrogens (tertiary/aromatic N) is 2. The lowest BCUT2D eigenvalue weighted by Gasteiger charge is -2.29. The van der Waals surface area contributed by atoms with Crippen LogP contribution in [-0.2, 0) is 11.4 Å². The predicted molar refractivity (Wildman–Crippen MR) is 148 cm³/mol. The van der Waals surface area contributed by atoms with Crippen LogP contribution in [-0.4, -0.2) is 55.8 Å². The van der Waals surface area contributed by atoms with Crippen molar-refractivity contribution >= 4 is 23.6 Å². The molecule has 1 aliphatic rings. The molecule has 240 valence electrons. The lowest BCUT2D eigenvalue weighted by Crippen LogP contribution is -2.53. The number of carboxylic acids is 1. The number of hydrogen-bond acceptors (Lipinski definition) is 5. The quantitative estimate of drug-likeness (QED) is 0.206. The molecular weight excluding hydrogens is 595 g/mol. The van der Waals surface area contributed by atoms with Gasteiger partial charge in [0.05, 0.1) is 16.8 Å². The molecule has 1 aliphatic carbocycles. The summed E-state index contributed by atoms with van der Waals surface area (Å²) in [5.74, 6) is -4.00. The maximum Gasteiger partial charge on any atom is 0.490 e. The molecule has 15 heteroatoms. The Balaban J connectivity index is 0.000000676. The van der Waals surface area contributed by atoms with Gasteiger partial charge < -0.3 is 25.6 Å². The third kappa shape index (κ3) is 8.35. The van der Waals surface area contributed by atoms with E-state index in [0.717, 1.165) is 24.8 Å². The molecule has 1 aromatic carbocycles. The van der Waals surface area contributed by atoms with E-state index in [9.17, 15) is 36.6 Å². The first-order valence-corrected chi connectivity index (χ1v) is 13.7. The Bertz CT molecular complexity index is 1550. The molecule has 4 N–H and O–H groups in total. The van der Waals surface area contributed by atoms with Crippen LogP contribution in [0.2, 0.25) is 0 Å². The molecule has 44 heavy (non-hydrogen) atoms. The highest BCUT2D eigenvalue weighted by Gasteiger charge is 2.38. The number of nitrogens with one attached hydrogen (secondary N) is 2. The van der Waals surface area contributed by atoms with Crippen molar-refractivity contribution < 1.29 is 51.3 Å². The number of alkyl halides is 3. The molecule has 0 saturated heterocycles. The standard InChI is InChI=1S/C27H32F2N4O4.C2HF3O2/c1-5-10-27(4,32-26(35)36)14-30-25(34)23-16(3)31-24-21(11-15(2)12-33(23)24)37-13-19-20(28)9-8-18(22(19)29)17-6-7-17;3-2(4,5)1(6)7/h8-9,11-12,17,32H,5-7,10,13-14H2,1-4H3,(H,30,34)(H,35,36);(H,6,7). The van der Waals surface area contributed by atoms with Gasteiger partial charge in [-0.25, -0.2) is 23.4 Å². The number of halogens is 5. The van der Waals surface area contributed by atoms with Gasteiger partial charge in [-0.2, -0.15) is 13.2 Å². The number of aliphatic carboxylic acids is 1. The SMILES string of the molecule is CCCC(C)(CNC(=O)c1c(C)nc2c(OCc3c(F)ccc(C4CC4)c3F)cc(C)cn12)NC(=O)O.O=C(O)C(F)(F)F. The van der Waals surface area contributed by atoms with Crippen molar-refractivity contribution in [1.82, 2.24) is 20.0 Å². The van der Waals surface area contributed by atoms with E-state index in [2.05, 4.69) is 15.6 Å². The van der Waals surface area contributed by atoms with Gasteiger partial charge in [-0.05, 0) is 69.2 Å². The van der Waals surface area contributed by atoms with Crippen LogP contribution in [0.4, 0.5) is 26.7 Å². The smallest absolute Gasteiger partial charge is 0.485 e. The summed E-state index contributed by atoms with van der Waals surface area (Å²) >= 11 is 0. The number of aromatic nitrogens is 2. The minimum atomic E-state index is -5.08. The summed E-state index contributed by atoms with van der Waals surface area (Å²) in [6, 6.07) is 4.48. The molecule has 4 rings (SSSR count). The molecule has 0 spiro atoms. The topological polar surface area (TPSA) is 142 Å². The van der Waals surface area contributed by atoms with Gasteiger partial charge in [0.1, 0.15) is 23.9 Å². The molecule has 2 heterocycles. The van der Waals surface area contributed by atoms with Crippen LogP contribution in [0.1, 0.15) is 78.3 Å². The van der Waals surface area contributed by atoms with Gasteiger partial charge in [-0.15, -0.1) is 0 Å². The number of fused-ring (bicyclic) bond motifs is 1. The van der Waals surface area contributed by atoms with Crippen LogP contribution in [0.3, 0.4) is 0 Å². The zero-order valence-corrected chi connectivity index (χ0v) is 24.4. The van der Waals surface area contributed by atoms with Gasteiger partial charge in [0.25, 0.3) is 5.91 Å². The van der Waals surface area contributed by atoms with E-state index in [1.807, 2.05) is 13.8 Å². The highest BCUT2D eigenvalue weighted by atomic mass is 19.4. The Hall–Kier alpha value is -4.43. The number of carboxylic acid groups (broad SMARTS) is 2. The molecule has 0 aliphatic heterocycles. The second-order valence-electron chi connectivity index (χ2n) is 10.8. The van der Waals surface area contributed by atoms with Gasteiger partial charge >= 0.3 is 18.2 Å². The molecule has 0 radical (unpaired) electrons. The maximum absolute atomic E-state index is 15.0. The van der Waals surface area contributed by atoms with Crippen molar-refractivity contribution in [2.24, 2.45) is 0 Å². The summed E-state index contributed by atoms with van der Waals surface area (Å²) in [5.41, 5.74) is 1.34. The van der Waals surface area contributed by atoms with Gasteiger partial charge in [0.15, 0.2) is 11.4 Å². The van der Waals surface area contributed by atoms with Gasteiger partial charge in [0.2, 0.25) is 0 Å². The van der Waals surface area contributed by atoms with Crippen LogP contribution >= 0.6 is 0 Å². The number of ether oxygens (including phenoxy) is 1. The predicted octanol–water partition coefficient (Wildman–Crippen LogP) is 5.88. The van der Waals surface area contributed by atoms with Crippen molar-refractivity contribution in [3.05, 3.63) is 64.1 Å². The van der Waals surface area contributed by atoms with E-state index < -0.39 is 41.3 Å². The fraction of sp³-hybridized carbons (Fsp3) is 0.448. The van der Waals surface area contributed by atoms with Crippen LogP contribution in [0.5, 0.6) is 5.75 Å². The summed E-state index contributed by atoms with van der Waals surface area (Å²) in [5, 5.41) is 21.6. The van der Waals surface area contributed by atoms with E-state index in [1.165, 1.54) is 12.1 Å². The molecule has 1 saturated carbocycles. The Kier molecular flexibility index (Phi) is 10.4. The molecule has 1 unspecified atom stereocenters. The van der Waals surface area contributed by atoms with Gasteiger partial charge in [-0.1, -0.05) is 19.4 Å². The van der Waals surface area contributed by atoms with Crippen molar-refractivity contribution in [2.75, 3.05) is 6.54 Å². The molecule has 10 nitrogen and oxygen atoms in total. The lowest BCUT2D eigenvalue weighted by atomic mass is 9.96. The Morgan fingerprint density at radius 1 is 1.14 bits per heavy atom. The minimum Gasteiger partial charge on any atom is -0.485 e. The van der Waals surface area contributed by atoms with E-state index >= 15 is 0 Å². The maximum atomic E-state index is 15.0. The number of benzene rings is 1. The highest BCUT2D eigenvalue weighted by Crippen LogP contribution is 2.42. The zero-order chi connectivity index (χ0) is 33.0. The van der Waals surface area contributed by atoms with Gasteiger partial charge in [0, 0.05) is 12.7 Å².